The number of hydrogen-bond donors (Lipinski definition) is 1. The molecule has 0 heterocycles. The SMILES string of the molecule is CC(C)(C)OC(=O)c1c(O)c(I)cc(F)c1F. The monoisotopic (exact) mass is 356 g/mol. The lowest BCUT2D eigenvalue weighted by atomic mass is 10.1. The van der Waals surface area contributed by atoms with E-state index in [1.54, 1.807) is 43.4 Å². The minimum atomic E-state index is -1.41. The van der Waals surface area contributed by atoms with Gasteiger partial charge in [0.1, 0.15) is 16.9 Å². The van der Waals surface area contributed by atoms with Gasteiger partial charge in [0.2, 0.25) is 0 Å². The molecule has 17 heavy (non-hydrogen) atoms. The summed E-state index contributed by atoms with van der Waals surface area (Å²) in [5.74, 6) is -4.31. The van der Waals surface area contributed by atoms with Crippen molar-refractivity contribution in [3.8, 4) is 5.75 Å². The van der Waals surface area contributed by atoms with Gasteiger partial charge in [-0.1, -0.05) is 0 Å². The Balaban J connectivity index is 3.27. The molecule has 3 nitrogen and oxygen atoms in total. The molecule has 0 spiro atoms. The Labute approximate surface area is 111 Å². The van der Waals surface area contributed by atoms with Crippen molar-refractivity contribution < 1.29 is 23.4 Å². The molecule has 1 rings (SSSR count). The van der Waals surface area contributed by atoms with E-state index in [1.807, 2.05) is 0 Å². The number of aromatic hydroxyl groups is 1. The molecule has 0 aromatic heterocycles. The van der Waals surface area contributed by atoms with E-state index in [2.05, 4.69) is 0 Å². The van der Waals surface area contributed by atoms with Gasteiger partial charge in [-0.3, -0.25) is 0 Å². The van der Waals surface area contributed by atoms with Gasteiger partial charge in [-0.2, -0.15) is 0 Å². The molecule has 0 aliphatic rings. The Kier molecular flexibility index (Phi) is 3.95. The van der Waals surface area contributed by atoms with Crippen molar-refractivity contribution in [3.05, 3.63) is 26.8 Å². The number of carbonyl (C=O) groups excluding carboxylic acids is 1. The van der Waals surface area contributed by atoms with Gasteiger partial charge in [0.25, 0.3) is 0 Å². The van der Waals surface area contributed by atoms with Crippen molar-refractivity contribution in [1.82, 2.24) is 0 Å². The van der Waals surface area contributed by atoms with Crippen LogP contribution in [0.5, 0.6) is 5.75 Å². The highest BCUT2D eigenvalue weighted by atomic mass is 127. The lowest BCUT2D eigenvalue weighted by Gasteiger charge is -2.20. The average molecular weight is 356 g/mol. The molecule has 1 aromatic rings. The summed E-state index contributed by atoms with van der Waals surface area (Å²) in [4.78, 5) is 11.6. The zero-order chi connectivity index (χ0) is 13.4. The van der Waals surface area contributed by atoms with E-state index in [0.29, 0.717) is 0 Å². The predicted octanol–water partition coefficient (Wildman–Crippen LogP) is 3.23. The molecule has 0 saturated carbocycles. The van der Waals surface area contributed by atoms with Crippen molar-refractivity contribution >= 4 is 28.6 Å². The van der Waals surface area contributed by atoms with Crippen LogP contribution in [0.1, 0.15) is 31.1 Å². The molecule has 0 atom stereocenters. The zero-order valence-electron chi connectivity index (χ0n) is 9.47. The summed E-state index contributed by atoms with van der Waals surface area (Å²) in [6, 6.07) is 0.805. The second kappa shape index (κ2) is 4.75. The van der Waals surface area contributed by atoms with E-state index in [4.69, 9.17) is 4.74 Å². The summed E-state index contributed by atoms with van der Waals surface area (Å²) in [5, 5.41) is 9.56. The third kappa shape index (κ3) is 3.27. The first-order chi connectivity index (χ1) is 7.63. The Morgan fingerprint density at radius 3 is 2.41 bits per heavy atom. The maximum atomic E-state index is 13.4. The van der Waals surface area contributed by atoms with Crippen molar-refractivity contribution in [3.63, 3.8) is 0 Å². The molecule has 0 aliphatic carbocycles. The fourth-order valence-electron chi connectivity index (χ4n) is 1.10. The quantitative estimate of drug-likeness (QED) is 0.478. The van der Waals surface area contributed by atoms with E-state index in [-0.39, 0.29) is 3.57 Å². The van der Waals surface area contributed by atoms with Crippen LogP contribution in [-0.2, 0) is 4.74 Å². The van der Waals surface area contributed by atoms with Crippen LogP contribution in [0.4, 0.5) is 8.78 Å². The van der Waals surface area contributed by atoms with Gasteiger partial charge >= 0.3 is 5.97 Å². The first kappa shape index (κ1) is 14.1. The van der Waals surface area contributed by atoms with Crippen LogP contribution >= 0.6 is 22.6 Å². The largest absolute Gasteiger partial charge is 0.506 e. The molecule has 0 radical (unpaired) electrons. The Bertz CT molecular complexity index is 441. The molecule has 1 N–H and O–H groups in total. The molecule has 0 aliphatic heterocycles. The fraction of sp³-hybridized carbons (Fsp3) is 0.364. The number of halogens is 3. The number of phenols is 1. The molecule has 94 valence electrons. The average Bonchev–Trinajstić information content (AvgIpc) is 2.12. The predicted molar refractivity (Wildman–Crippen MR) is 65.9 cm³/mol. The number of rotatable bonds is 1. The molecule has 1 aromatic carbocycles. The molecular formula is C11H11F2IO3. The number of ether oxygens (including phenoxy) is 1. The maximum Gasteiger partial charge on any atom is 0.345 e. The molecule has 0 saturated heterocycles. The van der Waals surface area contributed by atoms with E-state index < -0.39 is 34.5 Å². The van der Waals surface area contributed by atoms with Gasteiger partial charge in [0.05, 0.1) is 3.57 Å². The van der Waals surface area contributed by atoms with Gasteiger partial charge in [-0.15, -0.1) is 0 Å². The minimum Gasteiger partial charge on any atom is -0.506 e. The highest BCUT2D eigenvalue weighted by Crippen LogP contribution is 2.30. The topological polar surface area (TPSA) is 46.5 Å². The van der Waals surface area contributed by atoms with Crippen molar-refractivity contribution in [1.29, 1.82) is 0 Å². The zero-order valence-corrected chi connectivity index (χ0v) is 11.6. The van der Waals surface area contributed by atoms with Crippen LogP contribution in [0.2, 0.25) is 0 Å². The van der Waals surface area contributed by atoms with Crippen LogP contribution in [-0.4, -0.2) is 16.7 Å². The van der Waals surface area contributed by atoms with Gasteiger partial charge in [0, 0.05) is 0 Å². The first-order valence-electron chi connectivity index (χ1n) is 4.73. The van der Waals surface area contributed by atoms with Crippen molar-refractivity contribution in [2.45, 2.75) is 26.4 Å². The number of carbonyl (C=O) groups is 1. The summed E-state index contributed by atoms with van der Waals surface area (Å²) >= 11 is 1.60. The Hall–Kier alpha value is -0.920. The Morgan fingerprint density at radius 1 is 1.41 bits per heavy atom. The van der Waals surface area contributed by atoms with E-state index in [1.165, 1.54) is 0 Å². The number of phenolic OH excluding ortho intramolecular Hbond substituents is 1. The number of benzene rings is 1. The molecule has 0 fully saturated rings. The summed E-state index contributed by atoms with van der Waals surface area (Å²) in [6.07, 6.45) is 0. The molecule has 0 amide bonds. The smallest absolute Gasteiger partial charge is 0.345 e. The molecular weight excluding hydrogens is 345 g/mol. The summed E-state index contributed by atoms with van der Waals surface area (Å²) in [6.45, 7) is 4.76. The maximum absolute atomic E-state index is 13.4. The van der Waals surface area contributed by atoms with E-state index >= 15 is 0 Å². The highest BCUT2D eigenvalue weighted by molar-refractivity contribution is 14.1. The van der Waals surface area contributed by atoms with Gasteiger partial charge in [0.15, 0.2) is 11.6 Å². The van der Waals surface area contributed by atoms with Gasteiger partial charge in [-0.05, 0) is 49.4 Å². The standard InChI is InChI=1S/C11H11F2IO3/c1-11(2,3)17-10(16)7-8(13)5(12)4-6(14)9(7)15/h4,15H,1-3H3. The lowest BCUT2D eigenvalue weighted by molar-refractivity contribution is 0.00605. The second-order valence-electron chi connectivity index (χ2n) is 4.38. The van der Waals surface area contributed by atoms with Crippen molar-refractivity contribution in [2.24, 2.45) is 0 Å². The minimum absolute atomic E-state index is 0.0439. The van der Waals surface area contributed by atoms with Crippen LogP contribution < -0.4 is 0 Å². The van der Waals surface area contributed by atoms with Crippen molar-refractivity contribution in [2.75, 3.05) is 0 Å². The van der Waals surface area contributed by atoms with Crippen LogP contribution in [0, 0.1) is 15.2 Å². The van der Waals surface area contributed by atoms with E-state index in [0.717, 1.165) is 6.07 Å². The summed E-state index contributed by atoms with van der Waals surface area (Å²) in [5.41, 5.74) is -1.63. The number of hydrogen-bond acceptors (Lipinski definition) is 3. The summed E-state index contributed by atoms with van der Waals surface area (Å²) < 4.78 is 31.5. The van der Waals surface area contributed by atoms with E-state index in [9.17, 15) is 18.7 Å². The molecule has 6 heteroatoms. The molecule has 0 unspecified atom stereocenters. The van der Waals surface area contributed by atoms with Crippen LogP contribution in [0.15, 0.2) is 6.07 Å². The lowest BCUT2D eigenvalue weighted by Crippen LogP contribution is -2.25. The third-order valence-corrected chi connectivity index (χ3v) is 2.57. The fourth-order valence-corrected chi connectivity index (χ4v) is 1.64. The van der Waals surface area contributed by atoms with Gasteiger partial charge in [-0.25, -0.2) is 13.6 Å². The van der Waals surface area contributed by atoms with Crippen LogP contribution in [0.3, 0.4) is 0 Å². The van der Waals surface area contributed by atoms with Gasteiger partial charge < -0.3 is 9.84 Å². The second-order valence-corrected chi connectivity index (χ2v) is 5.54. The first-order valence-corrected chi connectivity index (χ1v) is 5.81. The highest BCUT2D eigenvalue weighted by Gasteiger charge is 2.27. The number of esters is 1. The normalized spacial score (nSPS) is 11.4. The Morgan fingerprint density at radius 2 is 1.94 bits per heavy atom. The molecule has 0 bridgehead atoms. The summed E-state index contributed by atoms with van der Waals surface area (Å²) in [7, 11) is 0. The van der Waals surface area contributed by atoms with Crippen LogP contribution in [0.25, 0.3) is 0 Å². The third-order valence-electron chi connectivity index (χ3n) is 1.75.